The number of imidazole rings is 1. The number of aromatic nitrogens is 2. The third kappa shape index (κ3) is 1.36. The van der Waals surface area contributed by atoms with Crippen molar-refractivity contribution in [1.82, 2.24) is 9.38 Å². The topological polar surface area (TPSA) is 54.6 Å². The van der Waals surface area contributed by atoms with Crippen molar-refractivity contribution in [2.45, 2.75) is 19.5 Å². The molecule has 0 aliphatic carbocycles. The lowest BCUT2D eigenvalue weighted by atomic mass is 10.0. The van der Waals surface area contributed by atoms with E-state index >= 15 is 0 Å². The molecule has 5 heteroatoms. The number of pyridine rings is 1. The van der Waals surface area contributed by atoms with E-state index in [1.54, 1.807) is 31.3 Å². The van der Waals surface area contributed by atoms with Gasteiger partial charge >= 0.3 is 5.97 Å². The number of nitrogens with zero attached hydrogens (tertiary/aromatic N) is 2. The van der Waals surface area contributed by atoms with Gasteiger partial charge in [0.1, 0.15) is 5.65 Å². The Balaban J connectivity index is 2.78. The van der Waals surface area contributed by atoms with Gasteiger partial charge in [-0.25, -0.2) is 14.2 Å². The van der Waals surface area contributed by atoms with E-state index in [2.05, 4.69) is 4.98 Å². The number of alkyl halides is 1. The van der Waals surface area contributed by atoms with Crippen LogP contribution in [-0.4, -0.2) is 20.5 Å². The molecule has 0 saturated carbocycles. The van der Waals surface area contributed by atoms with Gasteiger partial charge in [-0.15, -0.1) is 0 Å². The fourth-order valence-electron chi connectivity index (χ4n) is 1.78. The average molecular weight is 222 g/mol. The van der Waals surface area contributed by atoms with Crippen LogP contribution in [0.4, 0.5) is 4.39 Å². The lowest BCUT2D eigenvalue weighted by Crippen LogP contribution is -2.29. The third-order valence-corrected chi connectivity index (χ3v) is 2.55. The highest BCUT2D eigenvalue weighted by Crippen LogP contribution is 2.29. The summed E-state index contributed by atoms with van der Waals surface area (Å²) in [5, 5.41) is 8.88. The van der Waals surface area contributed by atoms with Crippen LogP contribution >= 0.6 is 0 Å². The van der Waals surface area contributed by atoms with Crippen LogP contribution in [0.5, 0.6) is 0 Å². The number of halogens is 1. The minimum Gasteiger partial charge on any atom is -0.479 e. The van der Waals surface area contributed by atoms with E-state index in [9.17, 15) is 9.18 Å². The second-order valence-electron chi connectivity index (χ2n) is 3.78. The van der Waals surface area contributed by atoms with E-state index in [0.29, 0.717) is 11.3 Å². The van der Waals surface area contributed by atoms with E-state index in [1.165, 1.54) is 4.40 Å². The van der Waals surface area contributed by atoms with Gasteiger partial charge < -0.3 is 5.11 Å². The number of rotatable bonds is 2. The molecule has 1 N–H and O–H groups in total. The Labute approximate surface area is 91.4 Å². The van der Waals surface area contributed by atoms with E-state index in [0.717, 1.165) is 6.92 Å². The Hall–Kier alpha value is -1.91. The molecule has 0 spiro atoms. The first-order valence-electron chi connectivity index (χ1n) is 4.81. The summed E-state index contributed by atoms with van der Waals surface area (Å²) in [4.78, 5) is 15.0. The van der Waals surface area contributed by atoms with Gasteiger partial charge in [0.25, 0.3) is 0 Å². The predicted octanol–water partition coefficient (Wildman–Crippen LogP) is 1.91. The SMILES string of the molecule is Cc1nc2ccccn2c1C(C)(F)C(=O)O. The summed E-state index contributed by atoms with van der Waals surface area (Å²) in [6.07, 6.45) is 1.60. The Morgan fingerprint density at radius 3 is 2.88 bits per heavy atom. The molecule has 2 heterocycles. The van der Waals surface area contributed by atoms with E-state index in [1.807, 2.05) is 0 Å². The molecule has 0 aliphatic heterocycles. The van der Waals surface area contributed by atoms with Crippen LogP contribution in [0.3, 0.4) is 0 Å². The minimum absolute atomic E-state index is 0.0654. The molecule has 2 aromatic heterocycles. The maximum Gasteiger partial charge on any atom is 0.347 e. The highest BCUT2D eigenvalue weighted by Gasteiger charge is 2.39. The molecule has 2 rings (SSSR count). The average Bonchev–Trinajstić information content (AvgIpc) is 2.53. The van der Waals surface area contributed by atoms with Gasteiger partial charge in [-0.1, -0.05) is 6.07 Å². The molecule has 0 aliphatic rings. The quantitative estimate of drug-likeness (QED) is 0.844. The third-order valence-electron chi connectivity index (χ3n) is 2.55. The molecule has 0 fully saturated rings. The monoisotopic (exact) mass is 222 g/mol. The fourth-order valence-corrected chi connectivity index (χ4v) is 1.78. The predicted molar refractivity (Wildman–Crippen MR) is 56.0 cm³/mol. The molecule has 1 atom stereocenters. The molecular weight excluding hydrogens is 211 g/mol. The zero-order chi connectivity index (χ0) is 11.9. The number of aryl methyl sites for hydroxylation is 1. The molecule has 0 bridgehead atoms. The second-order valence-corrected chi connectivity index (χ2v) is 3.78. The molecule has 0 saturated heterocycles. The lowest BCUT2D eigenvalue weighted by molar-refractivity contribution is -0.150. The zero-order valence-electron chi connectivity index (χ0n) is 8.94. The fraction of sp³-hybridized carbons (Fsp3) is 0.273. The summed E-state index contributed by atoms with van der Waals surface area (Å²) in [5.41, 5.74) is -1.44. The van der Waals surface area contributed by atoms with Crippen LogP contribution < -0.4 is 0 Å². The number of fused-ring (bicyclic) bond motifs is 1. The molecule has 4 nitrogen and oxygen atoms in total. The summed E-state index contributed by atoms with van der Waals surface area (Å²) >= 11 is 0. The molecule has 1 unspecified atom stereocenters. The first-order valence-corrected chi connectivity index (χ1v) is 4.81. The number of hydrogen-bond acceptors (Lipinski definition) is 2. The molecular formula is C11H11FN2O2. The van der Waals surface area contributed by atoms with Gasteiger partial charge in [0.2, 0.25) is 5.67 Å². The standard InChI is InChI=1S/C11H11FN2O2/c1-7-9(11(2,12)10(15)16)14-6-4-3-5-8(14)13-7/h3-6H,1-2H3,(H,15,16). The van der Waals surface area contributed by atoms with Gasteiger partial charge in [-0.3, -0.25) is 4.40 Å². The Bertz CT molecular complexity index is 560. The van der Waals surface area contributed by atoms with Crippen molar-refractivity contribution < 1.29 is 14.3 Å². The molecule has 0 aromatic carbocycles. The number of carbonyl (C=O) groups is 1. The summed E-state index contributed by atoms with van der Waals surface area (Å²) in [5.74, 6) is -1.51. The summed E-state index contributed by atoms with van der Waals surface area (Å²) in [6.45, 7) is 2.63. The minimum atomic E-state index is -2.44. The van der Waals surface area contributed by atoms with E-state index in [4.69, 9.17) is 5.11 Å². The number of aliphatic carboxylic acids is 1. The van der Waals surface area contributed by atoms with Crippen molar-refractivity contribution in [2.75, 3.05) is 0 Å². The normalized spacial score (nSPS) is 14.9. The molecule has 0 amide bonds. The molecule has 84 valence electrons. The van der Waals surface area contributed by atoms with E-state index < -0.39 is 11.6 Å². The maximum absolute atomic E-state index is 14.1. The summed E-state index contributed by atoms with van der Waals surface area (Å²) in [6, 6.07) is 5.17. The van der Waals surface area contributed by atoms with Gasteiger partial charge in [0.05, 0.1) is 11.4 Å². The second kappa shape index (κ2) is 3.30. The van der Waals surface area contributed by atoms with Crippen LogP contribution in [-0.2, 0) is 10.5 Å². The summed E-state index contributed by atoms with van der Waals surface area (Å²) < 4.78 is 15.6. The van der Waals surface area contributed by atoms with Crippen molar-refractivity contribution in [1.29, 1.82) is 0 Å². The van der Waals surface area contributed by atoms with Crippen molar-refractivity contribution in [3.8, 4) is 0 Å². The highest BCUT2D eigenvalue weighted by molar-refractivity contribution is 5.79. The van der Waals surface area contributed by atoms with Crippen LogP contribution in [0.15, 0.2) is 24.4 Å². The van der Waals surface area contributed by atoms with Crippen LogP contribution in [0.2, 0.25) is 0 Å². The first-order chi connectivity index (χ1) is 7.44. The van der Waals surface area contributed by atoms with Crippen molar-refractivity contribution >= 4 is 11.6 Å². The molecule has 16 heavy (non-hydrogen) atoms. The zero-order valence-corrected chi connectivity index (χ0v) is 8.94. The lowest BCUT2D eigenvalue weighted by Gasteiger charge is -2.15. The molecule has 0 radical (unpaired) electrons. The Kier molecular flexibility index (Phi) is 2.18. The molecule has 2 aromatic rings. The van der Waals surface area contributed by atoms with Crippen LogP contribution in [0.1, 0.15) is 18.3 Å². The van der Waals surface area contributed by atoms with E-state index in [-0.39, 0.29) is 5.69 Å². The maximum atomic E-state index is 14.1. The Morgan fingerprint density at radius 2 is 2.25 bits per heavy atom. The van der Waals surface area contributed by atoms with Gasteiger partial charge in [-0.05, 0) is 26.0 Å². The van der Waals surface area contributed by atoms with Gasteiger partial charge in [-0.2, -0.15) is 0 Å². The number of hydrogen-bond donors (Lipinski definition) is 1. The van der Waals surface area contributed by atoms with Gasteiger partial charge in [0.15, 0.2) is 0 Å². The highest BCUT2D eigenvalue weighted by atomic mass is 19.1. The van der Waals surface area contributed by atoms with Crippen molar-refractivity contribution in [3.05, 3.63) is 35.8 Å². The van der Waals surface area contributed by atoms with Gasteiger partial charge in [0, 0.05) is 6.20 Å². The number of carboxylic acid groups (broad SMARTS) is 1. The first kappa shape index (κ1) is 10.6. The van der Waals surface area contributed by atoms with Crippen molar-refractivity contribution in [3.63, 3.8) is 0 Å². The number of carboxylic acids is 1. The summed E-state index contributed by atoms with van der Waals surface area (Å²) in [7, 11) is 0. The largest absolute Gasteiger partial charge is 0.479 e. The van der Waals surface area contributed by atoms with Crippen molar-refractivity contribution in [2.24, 2.45) is 0 Å². The van der Waals surface area contributed by atoms with Crippen LogP contribution in [0, 0.1) is 6.92 Å². The Morgan fingerprint density at radius 1 is 1.56 bits per heavy atom. The van der Waals surface area contributed by atoms with Crippen LogP contribution in [0.25, 0.3) is 5.65 Å². The smallest absolute Gasteiger partial charge is 0.347 e.